The fourth-order valence-electron chi connectivity index (χ4n) is 2.08. The minimum atomic E-state index is 0.252. The van der Waals surface area contributed by atoms with Crippen LogP contribution in [0.5, 0.6) is 5.75 Å². The van der Waals surface area contributed by atoms with Crippen LogP contribution in [0.3, 0.4) is 0 Å². The van der Waals surface area contributed by atoms with Crippen LogP contribution in [-0.4, -0.2) is 12.4 Å². The first kappa shape index (κ1) is 11.6. The zero-order valence-corrected chi connectivity index (χ0v) is 10.7. The summed E-state index contributed by atoms with van der Waals surface area (Å²) in [6.07, 6.45) is 5.23. The minimum Gasteiger partial charge on any atom is -0.490 e. The van der Waals surface area contributed by atoms with Gasteiger partial charge in [-0.1, -0.05) is 22.0 Å². The van der Waals surface area contributed by atoms with Crippen LogP contribution < -0.4 is 4.74 Å². The number of carbonyl (C=O) groups is 1. The lowest BCUT2D eigenvalue weighted by molar-refractivity contribution is -0.112. The first-order valence-corrected chi connectivity index (χ1v) is 6.45. The van der Waals surface area contributed by atoms with Crippen molar-refractivity contribution in [2.45, 2.75) is 31.8 Å². The molecule has 0 aromatic heterocycles. The molecular weight excluding hydrogens is 268 g/mol. The molecule has 1 aromatic carbocycles. The van der Waals surface area contributed by atoms with Crippen LogP contribution in [0.25, 0.3) is 0 Å². The maximum atomic E-state index is 10.6. The highest BCUT2D eigenvalue weighted by molar-refractivity contribution is 9.10. The molecule has 1 aromatic rings. The third-order valence-electron chi connectivity index (χ3n) is 3.01. The highest BCUT2D eigenvalue weighted by Gasteiger charge is 2.21. The van der Waals surface area contributed by atoms with Crippen molar-refractivity contribution in [3.63, 3.8) is 0 Å². The summed E-state index contributed by atoms with van der Waals surface area (Å²) >= 11 is 3.42. The largest absolute Gasteiger partial charge is 0.490 e. The molecule has 0 bridgehead atoms. The summed E-state index contributed by atoms with van der Waals surface area (Å²) in [6, 6.07) is 7.90. The third-order valence-corrected chi connectivity index (χ3v) is 3.50. The van der Waals surface area contributed by atoms with E-state index in [-0.39, 0.29) is 12.0 Å². The van der Waals surface area contributed by atoms with Gasteiger partial charge in [0, 0.05) is 10.4 Å². The standard InChI is InChI=1S/C13H15BrO2/c14-11-2-1-3-13(8-11)16-12-6-4-10(9-15)5-7-12/h1-3,8-10,12H,4-7H2/t10-,12-. The van der Waals surface area contributed by atoms with E-state index >= 15 is 0 Å². The van der Waals surface area contributed by atoms with Gasteiger partial charge in [-0.05, 0) is 43.9 Å². The molecule has 0 heterocycles. The molecule has 0 aliphatic heterocycles. The van der Waals surface area contributed by atoms with Gasteiger partial charge >= 0.3 is 0 Å². The summed E-state index contributed by atoms with van der Waals surface area (Å²) in [5, 5.41) is 0. The highest BCUT2D eigenvalue weighted by atomic mass is 79.9. The van der Waals surface area contributed by atoms with Gasteiger partial charge in [-0.15, -0.1) is 0 Å². The smallest absolute Gasteiger partial charge is 0.123 e. The lowest BCUT2D eigenvalue weighted by atomic mass is 9.88. The number of benzene rings is 1. The summed E-state index contributed by atoms with van der Waals surface area (Å²) in [4.78, 5) is 10.6. The van der Waals surface area contributed by atoms with E-state index in [4.69, 9.17) is 4.74 Å². The predicted octanol–water partition coefficient (Wildman–Crippen LogP) is 3.59. The van der Waals surface area contributed by atoms with Crippen LogP contribution in [0.4, 0.5) is 0 Å². The molecule has 0 N–H and O–H groups in total. The first-order chi connectivity index (χ1) is 7.78. The summed E-state index contributed by atoms with van der Waals surface area (Å²) in [5.74, 6) is 1.16. The number of halogens is 1. The quantitative estimate of drug-likeness (QED) is 0.792. The van der Waals surface area contributed by atoms with Gasteiger partial charge < -0.3 is 9.53 Å². The topological polar surface area (TPSA) is 26.3 Å². The molecule has 1 aliphatic carbocycles. The molecule has 1 aliphatic rings. The Morgan fingerprint density at radius 2 is 2.00 bits per heavy atom. The highest BCUT2D eigenvalue weighted by Crippen LogP contribution is 2.27. The molecular formula is C13H15BrO2. The zero-order chi connectivity index (χ0) is 11.4. The third kappa shape index (κ3) is 3.08. The van der Waals surface area contributed by atoms with Gasteiger partial charge in [-0.2, -0.15) is 0 Å². The van der Waals surface area contributed by atoms with Crippen molar-refractivity contribution >= 4 is 22.2 Å². The molecule has 2 nitrogen and oxygen atoms in total. The Hall–Kier alpha value is -0.830. The second kappa shape index (κ2) is 5.48. The molecule has 0 radical (unpaired) electrons. The second-order valence-corrected chi connectivity index (χ2v) is 5.16. The maximum absolute atomic E-state index is 10.6. The Morgan fingerprint density at radius 1 is 1.25 bits per heavy atom. The molecule has 1 fully saturated rings. The van der Waals surface area contributed by atoms with Gasteiger partial charge in [-0.25, -0.2) is 0 Å². The van der Waals surface area contributed by atoms with Crippen LogP contribution in [0.2, 0.25) is 0 Å². The van der Waals surface area contributed by atoms with E-state index in [0.29, 0.717) is 0 Å². The Labute approximate surface area is 104 Å². The van der Waals surface area contributed by atoms with Crippen LogP contribution in [-0.2, 0) is 4.79 Å². The van der Waals surface area contributed by atoms with E-state index in [1.165, 1.54) is 0 Å². The molecule has 0 atom stereocenters. The predicted molar refractivity (Wildman–Crippen MR) is 66.6 cm³/mol. The van der Waals surface area contributed by atoms with Gasteiger partial charge in [0.1, 0.15) is 12.0 Å². The summed E-state index contributed by atoms with van der Waals surface area (Å²) in [7, 11) is 0. The lowest BCUT2D eigenvalue weighted by Crippen LogP contribution is -2.24. The van der Waals surface area contributed by atoms with Gasteiger partial charge in [0.2, 0.25) is 0 Å². The Bertz CT molecular complexity index is 357. The number of hydrogen-bond acceptors (Lipinski definition) is 2. The van der Waals surface area contributed by atoms with Crippen molar-refractivity contribution in [1.82, 2.24) is 0 Å². The zero-order valence-electron chi connectivity index (χ0n) is 9.06. The van der Waals surface area contributed by atoms with E-state index in [0.717, 1.165) is 42.2 Å². The molecule has 0 unspecified atom stereocenters. The Kier molecular flexibility index (Phi) is 3.99. The minimum absolute atomic E-state index is 0.252. The van der Waals surface area contributed by atoms with Crippen molar-refractivity contribution in [3.8, 4) is 5.75 Å². The monoisotopic (exact) mass is 282 g/mol. The molecule has 3 heteroatoms. The average molecular weight is 283 g/mol. The van der Waals surface area contributed by atoms with Crippen LogP contribution in [0.1, 0.15) is 25.7 Å². The van der Waals surface area contributed by atoms with E-state index in [1.54, 1.807) is 0 Å². The van der Waals surface area contributed by atoms with Crippen molar-refractivity contribution in [1.29, 1.82) is 0 Å². The van der Waals surface area contributed by atoms with Crippen molar-refractivity contribution in [2.75, 3.05) is 0 Å². The van der Waals surface area contributed by atoms with E-state index in [2.05, 4.69) is 15.9 Å². The molecule has 0 amide bonds. The van der Waals surface area contributed by atoms with E-state index in [9.17, 15) is 4.79 Å². The van der Waals surface area contributed by atoms with Crippen molar-refractivity contribution in [2.24, 2.45) is 5.92 Å². The lowest BCUT2D eigenvalue weighted by Gasteiger charge is -2.26. The molecule has 0 saturated heterocycles. The van der Waals surface area contributed by atoms with Crippen LogP contribution in [0.15, 0.2) is 28.7 Å². The number of rotatable bonds is 3. The molecule has 0 spiro atoms. The van der Waals surface area contributed by atoms with Gasteiger partial charge in [0.25, 0.3) is 0 Å². The summed E-state index contributed by atoms with van der Waals surface area (Å²) in [6.45, 7) is 0. The van der Waals surface area contributed by atoms with Crippen LogP contribution in [0, 0.1) is 5.92 Å². The number of hydrogen-bond donors (Lipinski definition) is 0. The van der Waals surface area contributed by atoms with Crippen molar-refractivity contribution in [3.05, 3.63) is 28.7 Å². The van der Waals surface area contributed by atoms with Gasteiger partial charge in [0.05, 0.1) is 6.10 Å². The average Bonchev–Trinajstić information content (AvgIpc) is 2.30. The Balaban J connectivity index is 1.89. The van der Waals surface area contributed by atoms with E-state index in [1.807, 2.05) is 24.3 Å². The summed E-state index contributed by atoms with van der Waals surface area (Å²) < 4.78 is 6.92. The number of ether oxygens (including phenoxy) is 1. The maximum Gasteiger partial charge on any atom is 0.123 e. The number of aldehydes is 1. The molecule has 1 saturated carbocycles. The molecule has 16 heavy (non-hydrogen) atoms. The molecule has 86 valence electrons. The summed E-state index contributed by atoms with van der Waals surface area (Å²) in [5.41, 5.74) is 0. The molecule has 2 rings (SSSR count). The first-order valence-electron chi connectivity index (χ1n) is 5.65. The fraction of sp³-hybridized carbons (Fsp3) is 0.462. The van der Waals surface area contributed by atoms with E-state index < -0.39 is 0 Å². The van der Waals surface area contributed by atoms with Crippen LogP contribution >= 0.6 is 15.9 Å². The van der Waals surface area contributed by atoms with Crippen molar-refractivity contribution < 1.29 is 9.53 Å². The normalized spacial score (nSPS) is 25.1. The second-order valence-electron chi connectivity index (χ2n) is 4.25. The Morgan fingerprint density at radius 3 is 2.62 bits per heavy atom. The SMILES string of the molecule is O=C[C@H]1CC[C@H](Oc2cccc(Br)c2)CC1. The van der Waals surface area contributed by atoms with Gasteiger partial charge in [0.15, 0.2) is 0 Å². The fourth-order valence-corrected chi connectivity index (χ4v) is 2.45. The number of carbonyl (C=O) groups excluding carboxylic acids is 1. The van der Waals surface area contributed by atoms with Gasteiger partial charge in [-0.3, -0.25) is 0 Å².